The molecule has 0 saturated heterocycles. The van der Waals surface area contributed by atoms with Crippen molar-refractivity contribution in [2.75, 3.05) is 12.8 Å². The highest BCUT2D eigenvalue weighted by Gasteiger charge is 2.18. The molecule has 0 aliphatic heterocycles. The molecule has 0 fully saturated rings. The highest BCUT2D eigenvalue weighted by molar-refractivity contribution is 7.09. The molecule has 3 nitrogen and oxygen atoms in total. The number of hydrogen-bond donors (Lipinski definition) is 1. The van der Waals surface area contributed by atoms with Gasteiger partial charge < -0.3 is 10.6 Å². The highest BCUT2D eigenvalue weighted by Crippen LogP contribution is 2.20. The minimum absolute atomic E-state index is 0.0246. The van der Waals surface area contributed by atoms with Crippen LogP contribution in [-0.4, -0.2) is 17.9 Å². The van der Waals surface area contributed by atoms with E-state index in [1.54, 1.807) is 25.3 Å². The van der Waals surface area contributed by atoms with Gasteiger partial charge in [-0.15, -0.1) is 11.3 Å². The summed E-state index contributed by atoms with van der Waals surface area (Å²) in [4.78, 5) is 14.8. The van der Waals surface area contributed by atoms with Crippen LogP contribution in [0.25, 0.3) is 0 Å². The van der Waals surface area contributed by atoms with E-state index >= 15 is 0 Å². The van der Waals surface area contributed by atoms with Gasteiger partial charge in [-0.1, -0.05) is 6.07 Å². The maximum Gasteiger partial charge on any atom is 0.256 e. The molecule has 2 aromatic rings. The van der Waals surface area contributed by atoms with Crippen LogP contribution in [0.2, 0.25) is 0 Å². The monoisotopic (exact) mass is 278 g/mol. The number of nitrogen functional groups attached to an aromatic ring is 1. The summed E-state index contributed by atoms with van der Waals surface area (Å²) in [6.45, 7) is 2.06. The van der Waals surface area contributed by atoms with Crippen molar-refractivity contribution in [1.82, 2.24) is 4.90 Å². The number of carbonyl (C=O) groups is 1. The molecule has 1 heterocycles. The van der Waals surface area contributed by atoms with Crippen LogP contribution in [0.1, 0.15) is 20.8 Å². The van der Waals surface area contributed by atoms with Gasteiger partial charge in [0, 0.05) is 17.6 Å². The van der Waals surface area contributed by atoms with Crippen molar-refractivity contribution < 1.29 is 9.18 Å². The van der Waals surface area contributed by atoms with Crippen LogP contribution in [0.5, 0.6) is 0 Å². The van der Waals surface area contributed by atoms with Gasteiger partial charge in [0.2, 0.25) is 0 Å². The van der Waals surface area contributed by atoms with Gasteiger partial charge in [0.05, 0.1) is 12.1 Å². The SMILES string of the molecule is Cc1cc(N)cc(C(=O)N(C)Cc2cccs2)c1F. The normalized spacial score (nSPS) is 10.5. The third kappa shape index (κ3) is 2.93. The number of hydrogen-bond acceptors (Lipinski definition) is 3. The van der Waals surface area contributed by atoms with E-state index in [9.17, 15) is 9.18 Å². The predicted molar refractivity (Wildman–Crippen MR) is 75.7 cm³/mol. The quantitative estimate of drug-likeness (QED) is 0.877. The Bertz CT molecular complexity index is 596. The number of nitrogens with two attached hydrogens (primary N) is 1. The number of aryl methyl sites for hydroxylation is 1. The largest absolute Gasteiger partial charge is 0.399 e. The Kier molecular flexibility index (Phi) is 3.85. The van der Waals surface area contributed by atoms with Gasteiger partial charge in [0.25, 0.3) is 5.91 Å². The summed E-state index contributed by atoms with van der Waals surface area (Å²) >= 11 is 1.56. The predicted octanol–water partition coefficient (Wildman–Crippen LogP) is 3.05. The molecule has 1 amide bonds. The zero-order valence-corrected chi connectivity index (χ0v) is 11.6. The summed E-state index contributed by atoms with van der Waals surface area (Å²) in [5.41, 5.74) is 6.47. The van der Waals surface area contributed by atoms with E-state index in [1.165, 1.54) is 17.0 Å². The molecule has 2 N–H and O–H groups in total. The summed E-state index contributed by atoms with van der Waals surface area (Å²) < 4.78 is 14.0. The minimum Gasteiger partial charge on any atom is -0.399 e. The second-order valence-corrected chi connectivity index (χ2v) is 5.47. The van der Waals surface area contributed by atoms with Crippen LogP contribution in [0.15, 0.2) is 29.6 Å². The first-order valence-electron chi connectivity index (χ1n) is 5.82. The van der Waals surface area contributed by atoms with Gasteiger partial charge in [-0.05, 0) is 36.1 Å². The van der Waals surface area contributed by atoms with E-state index < -0.39 is 5.82 Å². The Balaban J connectivity index is 2.24. The molecule has 0 spiro atoms. The van der Waals surface area contributed by atoms with E-state index in [0.717, 1.165) is 4.88 Å². The molecule has 19 heavy (non-hydrogen) atoms. The molecule has 0 unspecified atom stereocenters. The van der Waals surface area contributed by atoms with Crippen LogP contribution < -0.4 is 5.73 Å². The lowest BCUT2D eigenvalue weighted by Gasteiger charge is -2.17. The summed E-state index contributed by atoms with van der Waals surface area (Å²) in [6, 6.07) is 6.76. The Morgan fingerprint density at radius 3 is 2.84 bits per heavy atom. The smallest absolute Gasteiger partial charge is 0.256 e. The van der Waals surface area contributed by atoms with Gasteiger partial charge in [-0.2, -0.15) is 0 Å². The molecule has 2 rings (SSSR count). The molecule has 0 bridgehead atoms. The highest BCUT2D eigenvalue weighted by atomic mass is 32.1. The standard InChI is InChI=1S/C14H15FN2OS/c1-9-6-10(16)7-12(13(9)15)14(18)17(2)8-11-4-3-5-19-11/h3-7H,8,16H2,1-2H3. The molecule has 1 aromatic heterocycles. The van der Waals surface area contributed by atoms with Crippen molar-refractivity contribution in [1.29, 1.82) is 0 Å². The number of anilines is 1. The van der Waals surface area contributed by atoms with E-state index in [1.807, 2.05) is 17.5 Å². The van der Waals surface area contributed by atoms with Crippen LogP contribution >= 0.6 is 11.3 Å². The van der Waals surface area contributed by atoms with Crippen molar-refractivity contribution in [2.45, 2.75) is 13.5 Å². The van der Waals surface area contributed by atoms with E-state index in [2.05, 4.69) is 0 Å². The second kappa shape index (κ2) is 5.40. The van der Waals surface area contributed by atoms with Gasteiger partial charge >= 0.3 is 0 Å². The molecule has 100 valence electrons. The maximum absolute atomic E-state index is 14.0. The van der Waals surface area contributed by atoms with Crippen molar-refractivity contribution in [3.63, 3.8) is 0 Å². The van der Waals surface area contributed by atoms with Gasteiger partial charge in [0.15, 0.2) is 0 Å². The van der Waals surface area contributed by atoms with E-state index in [4.69, 9.17) is 5.73 Å². The Morgan fingerprint density at radius 2 is 2.21 bits per heavy atom. The lowest BCUT2D eigenvalue weighted by molar-refractivity contribution is 0.0781. The maximum atomic E-state index is 14.0. The Morgan fingerprint density at radius 1 is 1.47 bits per heavy atom. The summed E-state index contributed by atoms with van der Waals surface area (Å²) in [6.07, 6.45) is 0. The van der Waals surface area contributed by atoms with Crippen LogP contribution in [0.3, 0.4) is 0 Å². The number of nitrogens with zero attached hydrogens (tertiary/aromatic N) is 1. The molecular weight excluding hydrogens is 263 g/mol. The fraction of sp³-hybridized carbons (Fsp3) is 0.214. The van der Waals surface area contributed by atoms with Crippen LogP contribution in [0.4, 0.5) is 10.1 Å². The number of rotatable bonds is 3. The molecule has 0 aliphatic rings. The summed E-state index contributed by atoms with van der Waals surface area (Å²) in [7, 11) is 1.65. The van der Waals surface area contributed by atoms with Crippen molar-refractivity contribution in [3.05, 3.63) is 51.5 Å². The van der Waals surface area contributed by atoms with Crippen molar-refractivity contribution >= 4 is 22.9 Å². The lowest BCUT2D eigenvalue weighted by Crippen LogP contribution is -2.27. The van der Waals surface area contributed by atoms with E-state index in [0.29, 0.717) is 17.8 Å². The van der Waals surface area contributed by atoms with Gasteiger partial charge in [-0.3, -0.25) is 4.79 Å². The number of carbonyl (C=O) groups excluding carboxylic acids is 1. The first kappa shape index (κ1) is 13.5. The average Bonchev–Trinajstić information content (AvgIpc) is 2.85. The van der Waals surface area contributed by atoms with E-state index in [-0.39, 0.29) is 11.5 Å². The summed E-state index contributed by atoms with van der Waals surface area (Å²) in [5, 5.41) is 1.94. The second-order valence-electron chi connectivity index (χ2n) is 4.44. The number of benzene rings is 1. The lowest BCUT2D eigenvalue weighted by atomic mass is 10.1. The van der Waals surface area contributed by atoms with Crippen molar-refractivity contribution in [3.8, 4) is 0 Å². The molecule has 0 radical (unpaired) electrons. The number of amides is 1. The molecular formula is C14H15FN2OS. The first-order chi connectivity index (χ1) is 8.99. The average molecular weight is 278 g/mol. The Hall–Kier alpha value is -1.88. The van der Waals surface area contributed by atoms with Crippen LogP contribution in [0, 0.1) is 12.7 Å². The zero-order chi connectivity index (χ0) is 14.0. The van der Waals surface area contributed by atoms with Crippen LogP contribution in [-0.2, 0) is 6.54 Å². The molecule has 0 atom stereocenters. The topological polar surface area (TPSA) is 46.3 Å². The third-order valence-electron chi connectivity index (χ3n) is 2.83. The zero-order valence-electron chi connectivity index (χ0n) is 10.8. The minimum atomic E-state index is -0.503. The molecule has 0 aliphatic carbocycles. The number of thiophene rings is 1. The fourth-order valence-corrected chi connectivity index (χ4v) is 2.62. The summed E-state index contributed by atoms with van der Waals surface area (Å²) in [5.74, 6) is -0.862. The third-order valence-corrected chi connectivity index (χ3v) is 3.69. The van der Waals surface area contributed by atoms with Gasteiger partial charge in [-0.25, -0.2) is 4.39 Å². The van der Waals surface area contributed by atoms with Gasteiger partial charge in [0.1, 0.15) is 5.82 Å². The number of halogens is 1. The molecule has 1 aromatic carbocycles. The molecule has 0 saturated carbocycles. The van der Waals surface area contributed by atoms with Crippen molar-refractivity contribution in [2.24, 2.45) is 0 Å². The Labute approximate surface area is 115 Å². The molecule has 5 heteroatoms. The first-order valence-corrected chi connectivity index (χ1v) is 6.70. The fourth-order valence-electron chi connectivity index (χ4n) is 1.87.